The number of aliphatic imine (C=N–C) groups is 1. The molecule has 5 atom stereocenters. The second-order valence-corrected chi connectivity index (χ2v) is 8.38. The summed E-state index contributed by atoms with van der Waals surface area (Å²) < 4.78 is 5.87. The van der Waals surface area contributed by atoms with E-state index in [1.165, 1.54) is 44.9 Å². The van der Waals surface area contributed by atoms with Gasteiger partial charge in [0.25, 0.3) is 0 Å². The topological polar surface area (TPSA) is 41.9 Å². The molecule has 3 rings (SSSR count). The van der Waals surface area contributed by atoms with E-state index >= 15 is 0 Å². The van der Waals surface area contributed by atoms with Crippen LogP contribution in [0.5, 0.6) is 0 Å². The summed E-state index contributed by atoms with van der Waals surface area (Å²) in [6, 6.07) is 0.793. The molecule has 0 unspecified atom stereocenters. The van der Waals surface area contributed by atoms with E-state index in [9.17, 15) is 4.79 Å². The van der Waals surface area contributed by atoms with E-state index in [2.05, 4.69) is 22.0 Å². The number of rotatable bonds is 5. The minimum absolute atomic E-state index is 0.0986. The molecule has 2 heterocycles. The number of carbonyl (C=O) groups is 1. The maximum Gasteiger partial charge on any atom is 0.302 e. The quantitative estimate of drug-likeness (QED) is 0.412. The Bertz CT molecular complexity index is 534. The Hall–Kier alpha value is -0.770. The van der Waals surface area contributed by atoms with Gasteiger partial charge in [0.05, 0.1) is 11.2 Å². The monoisotopic (exact) mass is 364 g/mol. The Kier molecular flexibility index (Phi) is 6.30. The zero-order valence-corrected chi connectivity index (χ0v) is 16.5. The lowest BCUT2D eigenvalue weighted by Gasteiger charge is -2.62. The second-order valence-electron chi connectivity index (χ2n) is 8.20. The van der Waals surface area contributed by atoms with Crippen molar-refractivity contribution in [3.05, 3.63) is 0 Å². The first-order chi connectivity index (χ1) is 12.1. The summed E-state index contributed by atoms with van der Waals surface area (Å²) in [6.07, 6.45) is 11.9. The van der Waals surface area contributed by atoms with E-state index in [1.807, 2.05) is 0 Å². The molecule has 2 aliphatic heterocycles. The van der Waals surface area contributed by atoms with Crippen LogP contribution in [0.25, 0.3) is 0 Å². The van der Waals surface area contributed by atoms with Crippen molar-refractivity contribution in [2.75, 3.05) is 6.54 Å². The predicted molar refractivity (Wildman–Crippen MR) is 103 cm³/mol. The predicted octanol–water partition coefficient (Wildman–Crippen LogP) is 4.38. The van der Waals surface area contributed by atoms with Crippen molar-refractivity contribution >= 4 is 23.3 Å². The van der Waals surface area contributed by atoms with Gasteiger partial charge in [-0.1, -0.05) is 32.6 Å². The molecule has 1 aliphatic carbocycles. The first kappa shape index (κ1) is 19.0. The lowest BCUT2D eigenvalue weighted by atomic mass is 9.61. The number of nitrogens with zero attached hydrogens (tertiary/aromatic N) is 2. The smallest absolute Gasteiger partial charge is 0.302 e. The highest BCUT2D eigenvalue weighted by Crippen LogP contribution is 2.52. The highest BCUT2D eigenvalue weighted by molar-refractivity contribution is 7.78. The minimum atomic E-state index is -0.118. The van der Waals surface area contributed by atoms with Crippen LogP contribution in [0, 0.1) is 5.92 Å². The first-order valence-corrected chi connectivity index (χ1v) is 10.5. The number of hydrogen-bond donors (Lipinski definition) is 0. The number of esters is 1. The van der Waals surface area contributed by atoms with Crippen molar-refractivity contribution in [1.82, 2.24) is 4.90 Å². The summed E-state index contributed by atoms with van der Waals surface area (Å²) in [5.74, 6) is 0.368. The highest BCUT2D eigenvalue weighted by Gasteiger charge is 2.56. The Morgan fingerprint density at radius 3 is 2.92 bits per heavy atom. The number of carbonyl (C=O) groups excluding carboxylic acids is 1. The largest absolute Gasteiger partial charge is 0.462 e. The lowest BCUT2D eigenvalue weighted by Crippen LogP contribution is -2.69. The maximum atomic E-state index is 11.7. The van der Waals surface area contributed by atoms with Crippen LogP contribution in [-0.2, 0) is 9.53 Å². The van der Waals surface area contributed by atoms with Crippen molar-refractivity contribution in [3.8, 4) is 0 Å². The molecule has 4 nitrogen and oxygen atoms in total. The first-order valence-electron chi connectivity index (χ1n) is 10.1. The van der Waals surface area contributed by atoms with Gasteiger partial charge in [0.1, 0.15) is 6.10 Å². The van der Waals surface area contributed by atoms with Gasteiger partial charge in [-0.3, -0.25) is 9.69 Å². The maximum absolute atomic E-state index is 11.7. The van der Waals surface area contributed by atoms with Gasteiger partial charge >= 0.3 is 5.97 Å². The molecule has 0 aromatic heterocycles. The Labute approximate surface area is 157 Å². The van der Waals surface area contributed by atoms with Gasteiger partial charge in [-0.05, 0) is 44.3 Å². The third-order valence-corrected chi connectivity index (χ3v) is 6.90. The third kappa shape index (κ3) is 3.84. The fourth-order valence-electron chi connectivity index (χ4n) is 5.82. The summed E-state index contributed by atoms with van der Waals surface area (Å²) in [6.45, 7) is 4.82. The molecule has 0 aromatic carbocycles. The van der Waals surface area contributed by atoms with Crippen molar-refractivity contribution < 1.29 is 9.53 Å². The number of isothiocyanates is 1. The van der Waals surface area contributed by atoms with Crippen LogP contribution >= 0.6 is 12.2 Å². The Balaban J connectivity index is 1.90. The van der Waals surface area contributed by atoms with Gasteiger partial charge in [-0.2, -0.15) is 0 Å². The van der Waals surface area contributed by atoms with E-state index in [0.29, 0.717) is 18.0 Å². The van der Waals surface area contributed by atoms with E-state index in [0.717, 1.165) is 25.8 Å². The van der Waals surface area contributed by atoms with Crippen LogP contribution in [0.4, 0.5) is 0 Å². The molecule has 0 radical (unpaired) electrons. The second kappa shape index (κ2) is 8.28. The van der Waals surface area contributed by atoms with Crippen LogP contribution in [0.2, 0.25) is 0 Å². The summed E-state index contributed by atoms with van der Waals surface area (Å²) >= 11 is 4.87. The van der Waals surface area contributed by atoms with Crippen molar-refractivity contribution in [1.29, 1.82) is 0 Å². The van der Waals surface area contributed by atoms with E-state index in [4.69, 9.17) is 17.0 Å². The molecule has 1 saturated carbocycles. The van der Waals surface area contributed by atoms with E-state index in [1.54, 1.807) is 6.92 Å². The molecule has 25 heavy (non-hydrogen) atoms. The van der Waals surface area contributed by atoms with Crippen LogP contribution < -0.4 is 0 Å². The Morgan fingerprint density at radius 2 is 2.20 bits per heavy atom. The molecule has 3 fully saturated rings. The number of piperidine rings is 2. The van der Waals surface area contributed by atoms with Crippen LogP contribution in [0.3, 0.4) is 0 Å². The van der Waals surface area contributed by atoms with Crippen molar-refractivity contribution in [2.24, 2.45) is 10.9 Å². The van der Waals surface area contributed by atoms with Gasteiger partial charge in [0, 0.05) is 37.4 Å². The molecule has 140 valence electrons. The average molecular weight is 365 g/mol. The average Bonchev–Trinajstić information content (AvgIpc) is 2.60. The van der Waals surface area contributed by atoms with Gasteiger partial charge < -0.3 is 4.74 Å². The fourth-order valence-corrected chi connectivity index (χ4v) is 5.97. The Morgan fingerprint density at radius 1 is 1.36 bits per heavy atom. The van der Waals surface area contributed by atoms with Crippen LogP contribution in [0.1, 0.15) is 78.1 Å². The van der Waals surface area contributed by atoms with Gasteiger partial charge in [-0.25, -0.2) is 4.99 Å². The molecule has 5 heteroatoms. The van der Waals surface area contributed by atoms with Crippen LogP contribution in [-0.4, -0.2) is 46.3 Å². The highest BCUT2D eigenvalue weighted by atomic mass is 32.1. The molecule has 0 bridgehead atoms. The van der Waals surface area contributed by atoms with Gasteiger partial charge in [0.15, 0.2) is 0 Å². The molecule has 2 saturated heterocycles. The van der Waals surface area contributed by atoms with Crippen LogP contribution in [0.15, 0.2) is 4.99 Å². The number of thiocarbonyl (C=S) groups is 1. The lowest BCUT2D eigenvalue weighted by molar-refractivity contribution is -0.179. The molecule has 3 aliphatic rings. The SMILES string of the molecule is CCCC[C@H]1C[C@@H](OC(C)=O)[C@@H]2CCCC[C@@]23CC[C@H](N=C=S)CN13. The van der Waals surface area contributed by atoms with Gasteiger partial charge in [-0.15, -0.1) is 0 Å². The number of ether oxygens (including phenoxy) is 1. The summed E-state index contributed by atoms with van der Waals surface area (Å²) in [5, 5.41) is 2.61. The fraction of sp³-hybridized carbons (Fsp3) is 0.900. The zero-order valence-electron chi connectivity index (χ0n) is 15.7. The van der Waals surface area contributed by atoms with E-state index < -0.39 is 0 Å². The molecular formula is C20H32N2O2S. The molecule has 0 N–H and O–H groups in total. The molecule has 0 amide bonds. The zero-order chi connectivity index (χ0) is 17.9. The molecular weight excluding hydrogens is 332 g/mol. The summed E-state index contributed by atoms with van der Waals surface area (Å²) in [4.78, 5) is 18.9. The summed E-state index contributed by atoms with van der Waals surface area (Å²) in [7, 11) is 0. The minimum Gasteiger partial charge on any atom is -0.462 e. The van der Waals surface area contributed by atoms with E-state index in [-0.39, 0.29) is 17.6 Å². The standard InChI is InChI=1S/C20H32N2O2S/c1-3-4-7-17-12-19(24-15(2)23)18-8-5-6-10-20(18)11-9-16(21-14-25)13-22(17)20/h16-19H,3-13H2,1-2H3/t16-,17-,18-,19+,20+/m0/s1. The number of unbranched alkanes of at least 4 members (excludes halogenated alkanes) is 1. The molecule has 1 spiro atoms. The molecule has 0 aromatic rings. The van der Waals surface area contributed by atoms with Gasteiger partial charge in [0.2, 0.25) is 0 Å². The summed E-state index contributed by atoms with van der Waals surface area (Å²) in [5.41, 5.74) is 0.211. The van der Waals surface area contributed by atoms with Crippen molar-refractivity contribution in [2.45, 2.75) is 102 Å². The van der Waals surface area contributed by atoms with Crippen molar-refractivity contribution in [3.63, 3.8) is 0 Å². The normalized spacial score (nSPS) is 38.2. The third-order valence-electron chi connectivity index (χ3n) is 6.79. The number of hydrogen-bond acceptors (Lipinski definition) is 5.